The molecule has 2 aromatic heterocycles. The second-order valence-electron chi connectivity index (χ2n) is 10.0. The van der Waals surface area contributed by atoms with Gasteiger partial charge in [-0.05, 0) is 74.1 Å². The Morgan fingerprint density at radius 3 is 2.11 bits per heavy atom. The van der Waals surface area contributed by atoms with Crippen LogP contribution in [0.2, 0.25) is 0 Å². The molecule has 2 nitrogen and oxygen atoms in total. The second kappa shape index (κ2) is 6.83. The molecule has 1 aliphatic carbocycles. The van der Waals surface area contributed by atoms with Crippen LogP contribution in [0.3, 0.4) is 0 Å². The molecule has 0 spiro atoms. The van der Waals surface area contributed by atoms with E-state index in [0.717, 1.165) is 0 Å². The summed E-state index contributed by atoms with van der Waals surface area (Å²) in [7, 11) is 0. The van der Waals surface area contributed by atoms with Gasteiger partial charge in [0.05, 0.1) is 16.7 Å². The van der Waals surface area contributed by atoms with Gasteiger partial charge < -0.3 is 4.57 Å². The number of hydrogen-bond donors (Lipinski definition) is 0. The first kappa shape index (κ1) is 19.3. The maximum absolute atomic E-state index is 4.51. The number of benzene rings is 6. The lowest BCUT2D eigenvalue weighted by atomic mass is 9.99. The van der Waals surface area contributed by atoms with Gasteiger partial charge in [-0.2, -0.15) is 0 Å². The predicted molar refractivity (Wildman–Crippen MR) is 156 cm³/mol. The first-order valence-corrected chi connectivity index (χ1v) is 12.7. The Morgan fingerprint density at radius 1 is 0.486 bits per heavy atom. The van der Waals surface area contributed by atoms with Crippen LogP contribution in [0.15, 0.2) is 122 Å². The summed E-state index contributed by atoms with van der Waals surface area (Å²) in [5.41, 5.74) is 8.94. The minimum Gasteiger partial charge on any atom is -0.308 e. The van der Waals surface area contributed by atoms with Crippen LogP contribution in [0.5, 0.6) is 0 Å². The summed E-state index contributed by atoms with van der Waals surface area (Å²) in [6, 6.07) is 40.1. The Morgan fingerprint density at radius 2 is 1.24 bits per heavy atom. The molecule has 0 unspecified atom stereocenters. The molecular formula is C35H20N2. The molecule has 170 valence electrons. The third-order valence-electron chi connectivity index (χ3n) is 8.18. The lowest BCUT2D eigenvalue weighted by molar-refractivity contribution is 1.20. The highest BCUT2D eigenvalue weighted by atomic mass is 15.0. The van der Waals surface area contributed by atoms with Gasteiger partial charge in [0.1, 0.15) is 0 Å². The van der Waals surface area contributed by atoms with E-state index in [1.807, 2.05) is 12.4 Å². The van der Waals surface area contributed by atoms with Crippen molar-refractivity contribution >= 4 is 54.1 Å². The molecule has 2 heterocycles. The molecule has 1 aliphatic rings. The average Bonchev–Trinajstić information content (AvgIpc) is 3.46. The van der Waals surface area contributed by atoms with Crippen LogP contribution < -0.4 is 0 Å². The van der Waals surface area contributed by atoms with Gasteiger partial charge in [-0.15, -0.1) is 0 Å². The van der Waals surface area contributed by atoms with E-state index in [4.69, 9.17) is 0 Å². The number of pyridine rings is 1. The Bertz CT molecular complexity index is 2200. The van der Waals surface area contributed by atoms with Gasteiger partial charge in [0.15, 0.2) is 0 Å². The van der Waals surface area contributed by atoms with Crippen molar-refractivity contribution in [3.63, 3.8) is 0 Å². The topological polar surface area (TPSA) is 17.8 Å². The number of nitrogens with zero attached hydrogens (tertiary/aromatic N) is 2. The molecule has 0 saturated carbocycles. The first-order chi connectivity index (χ1) is 18.4. The van der Waals surface area contributed by atoms with Gasteiger partial charge in [0.2, 0.25) is 0 Å². The van der Waals surface area contributed by atoms with Crippen molar-refractivity contribution in [2.45, 2.75) is 0 Å². The predicted octanol–water partition coefficient (Wildman–Crippen LogP) is 9.29. The summed E-state index contributed by atoms with van der Waals surface area (Å²) in [6.07, 6.45) is 3.88. The molecule has 2 heteroatoms. The summed E-state index contributed by atoms with van der Waals surface area (Å²) in [6.45, 7) is 0. The van der Waals surface area contributed by atoms with Crippen molar-refractivity contribution in [1.82, 2.24) is 9.55 Å². The summed E-state index contributed by atoms with van der Waals surface area (Å²) >= 11 is 0. The molecular weight excluding hydrogens is 448 g/mol. The molecule has 0 saturated heterocycles. The molecule has 0 N–H and O–H groups in total. The van der Waals surface area contributed by atoms with Crippen molar-refractivity contribution < 1.29 is 0 Å². The van der Waals surface area contributed by atoms with Crippen LogP contribution in [0.25, 0.3) is 82.1 Å². The highest BCUT2D eigenvalue weighted by Gasteiger charge is 2.24. The van der Waals surface area contributed by atoms with Crippen molar-refractivity contribution in [1.29, 1.82) is 0 Å². The Kier molecular flexibility index (Phi) is 3.56. The third-order valence-corrected chi connectivity index (χ3v) is 8.18. The Hall–Kier alpha value is -4.95. The maximum Gasteiger partial charge on any atom is 0.0635 e. The molecule has 0 radical (unpaired) electrons. The molecule has 0 aliphatic heterocycles. The lowest BCUT2D eigenvalue weighted by Gasteiger charge is -2.14. The van der Waals surface area contributed by atoms with E-state index in [9.17, 15) is 0 Å². The van der Waals surface area contributed by atoms with Crippen LogP contribution in [-0.2, 0) is 0 Å². The van der Waals surface area contributed by atoms with E-state index in [1.165, 1.54) is 82.1 Å². The summed E-state index contributed by atoms with van der Waals surface area (Å²) < 4.78 is 2.46. The minimum atomic E-state index is 1.17. The maximum atomic E-state index is 4.51. The Balaban J connectivity index is 1.45. The normalized spacial score (nSPS) is 12.3. The number of rotatable bonds is 1. The number of para-hydroxylation sites is 1. The summed E-state index contributed by atoms with van der Waals surface area (Å²) in [5, 5.41) is 10.1. The van der Waals surface area contributed by atoms with Crippen molar-refractivity contribution in [2.24, 2.45) is 0 Å². The molecule has 6 aromatic carbocycles. The number of aromatic nitrogens is 2. The standard InChI is InChI=1S/C35H20N2/c1-2-7-23-19-30-26-14-15-33(28-10-5-9-25(34(26)28)29(30)18-22(23)6-1)37-32-11-4-3-8-24(32)27-13-12-21-16-17-36-20-31(21)35(27)37/h1-20H. The van der Waals surface area contributed by atoms with E-state index in [1.54, 1.807) is 0 Å². The molecule has 8 aromatic rings. The fourth-order valence-corrected chi connectivity index (χ4v) is 6.59. The lowest BCUT2D eigenvalue weighted by Crippen LogP contribution is -1.96. The van der Waals surface area contributed by atoms with E-state index < -0.39 is 0 Å². The zero-order chi connectivity index (χ0) is 24.1. The monoisotopic (exact) mass is 468 g/mol. The number of fused-ring (bicyclic) bond motifs is 9. The smallest absolute Gasteiger partial charge is 0.0635 e. The van der Waals surface area contributed by atoms with Crippen LogP contribution in [0.4, 0.5) is 0 Å². The molecule has 0 bridgehead atoms. The highest BCUT2D eigenvalue weighted by Crippen LogP contribution is 2.50. The molecule has 0 amide bonds. The van der Waals surface area contributed by atoms with E-state index >= 15 is 0 Å². The van der Waals surface area contributed by atoms with E-state index in [0.29, 0.717) is 0 Å². The zero-order valence-electron chi connectivity index (χ0n) is 19.9. The van der Waals surface area contributed by atoms with Crippen molar-refractivity contribution in [3.05, 3.63) is 122 Å². The molecule has 0 atom stereocenters. The van der Waals surface area contributed by atoms with Crippen molar-refractivity contribution in [2.75, 3.05) is 0 Å². The fraction of sp³-hybridized carbons (Fsp3) is 0. The van der Waals surface area contributed by atoms with Gasteiger partial charge in [0, 0.05) is 33.9 Å². The van der Waals surface area contributed by atoms with Crippen LogP contribution in [-0.4, -0.2) is 9.55 Å². The van der Waals surface area contributed by atoms with Crippen LogP contribution >= 0.6 is 0 Å². The quantitative estimate of drug-likeness (QED) is 0.235. The van der Waals surface area contributed by atoms with Gasteiger partial charge >= 0.3 is 0 Å². The van der Waals surface area contributed by atoms with E-state index in [-0.39, 0.29) is 0 Å². The van der Waals surface area contributed by atoms with Gasteiger partial charge in [-0.25, -0.2) is 0 Å². The molecule has 9 rings (SSSR count). The minimum absolute atomic E-state index is 1.17. The van der Waals surface area contributed by atoms with Gasteiger partial charge in [-0.1, -0.05) is 78.9 Å². The third kappa shape index (κ3) is 2.42. The Labute approximate surface area is 213 Å². The molecule has 37 heavy (non-hydrogen) atoms. The largest absolute Gasteiger partial charge is 0.308 e. The van der Waals surface area contributed by atoms with E-state index in [2.05, 4.69) is 119 Å². The fourth-order valence-electron chi connectivity index (χ4n) is 6.59. The van der Waals surface area contributed by atoms with Crippen molar-refractivity contribution in [3.8, 4) is 27.9 Å². The SMILES string of the molecule is c1ccc2cc3c(cc2c1)-c1cccc2c(-n4c5ccccc5c5ccc6ccncc6c54)ccc-3c12. The van der Waals surface area contributed by atoms with Gasteiger partial charge in [-0.3, -0.25) is 4.98 Å². The molecule has 0 fully saturated rings. The van der Waals surface area contributed by atoms with Crippen LogP contribution in [0.1, 0.15) is 0 Å². The summed E-state index contributed by atoms with van der Waals surface area (Å²) in [4.78, 5) is 4.51. The van der Waals surface area contributed by atoms with Crippen LogP contribution in [0, 0.1) is 0 Å². The first-order valence-electron chi connectivity index (χ1n) is 12.7. The second-order valence-corrected chi connectivity index (χ2v) is 10.0. The summed E-state index contributed by atoms with van der Waals surface area (Å²) in [5.74, 6) is 0. The average molecular weight is 469 g/mol. The highest BCUT2D eigenvalue weighted by molar-refractivity contribution is 6.22. The number of hydrogen-bond acceptors (Lipinski definition) is 1. The van der Waals surface area contributed by atoms with Gasteiger partial charge in [0.25, 0.3) is 0 Å². The zero-order valence-corrected chi connectivity index (χ0v) is 19.9.